The van der Waals surface area contributed by atoms with E-state index in [0.29, 0.717) is 0 Å². The fourth-order valence-electron chi connectivity index (χ4n) is 0. The molecule has 0 aromatic heterocycles. The van der Waals surface area contributed by atoms with Crippen LogP contribution in [0.4, 0.5) is 0 Å². The van der Waals surface area contributed by atoms with Crippen LogP contribution >= 0.6 is 0 Å². The molecule has 0 amide bonds. The molecule has 0 saturated carbocycles. The van der Waals surface area contributed by atoms with Crippen molar-refractivity contribution < 1.29 is 48.5 Å². The van der Waals surface area contributed by atoms with Gasteiger partial charge in [-0.1, -0.05) is 0 Å². The fourth-order valence-corrected chi connectivity index (χ4v) is 0. The quantitative estimate of drug-likeness (QED) is 0.203. The molecule has 7 heteroatoms. The maximum Gasteiger partial charge on any atom is 2.00 e. The molecule has 0 aliphatic carbocycles. The molecule has 34 valence electrons. The van der Waals surface area contributed by atoms with Gasteiger partial charge in [-0.2, -0.15) is 0 Å². The van der Waals surface area contributed by atoms with E-state index in [0.717, 1.165) is 0 Å². The second-order valence-corrected chi connectivity index (χ2v) is 1.22. The molecule has 0 radical (unpaired) electrons. The van der Waals surface area contributed by atoms with Crippen LogP contribution < -0.4 is 29.6 Å². The summed E-state index contributed by atoms with van der Waals surface area (Å²) in [6, 6.07) is 0. The smallest absolute Gasteiger partial charge is 1.00 e. The first-order chi connectivity index (χ1) is 2.00. The second kappa shape index (κ2) is 6.25. The second-order valence-electron chi connectivity index (χ2n) is 0.408. The Hall–Kier alpha value is 2.13. The summed E-state index contributed by atoms with van der Waals surface area (Å²) >= 11 is 0. The van der Waals surface area contributed by atoms with Crippen LogP contribution in [-0.4, -0.2) is 55.3 Å². The Bertz CT molecular complexity index is 99.2. The van der Waals surface area contributed by atoms with Crippen LogP contribution in [0.1, 0.15) is 1.43 Å². The first-order valence-electron chi connectivity index (χ1n) is 0.667. The summed E-state index contributed by atoms with van der Waals surface area (Å²) < 4.78 is 34.1. The summed E-state index contributed by atoms with van der Waals surface area (Å²) in [5, 5.41) is 0. The van der Waals surface area contributed by atoms with E-state index in [1.165, 1.54) is 0 Å². The molecular weight excluding hydrogens is 159 g/mol. The van der Waals surface area contributed by atoms with E-state index >= 15 is 0 Å². The van der Waals surface area contributed by atoms with Crippen molar-refractivity contribution in [2.45, 2.75) is 0 Å². The normalized spacial score (nSPS) is 8.29. The molecule has 0 heterocycles. The largest absolute Gasteiger partial charge is 2.00 e. The Morgan fingerprint density at radius 1 is 1.29 bits per heavy atom. The van der Waals surface area contributed by atoms with Crippen molar-refractivity contribution in [1.82, 2.24) is 0 Å². The molecule has 0 spiro atoms. The Morgan fingerprint density at radius 2 is 1.29 bits per heavy atom. The number of hydrogen-bond acceptors (Lipinski definition) is 4. The van der Waals surface area contributed by atoms with Crippen molar-refractivity contribution in [3.05, 3.63) is 0 Å². The van der Waals surface area contributed by atoms with Crippen LogP contribution in [0.3, 0.4) is 0 Å². The molecule has 0 aliphatic heterocycles. The van der Waals surface area contributed by atoms with Gasteiger partial charge in [0.1, 0.15) is 0 Å². The minimum Gasteiger partial charge on any atom is -1.00 e. The van der Waals surface area contributed by atoms with Crippen molar-refractivity contribution in [2.75, 3.05) is 0 Å². The van der Waals surface area contributed by atoms with Gasteiger partial charge < -0.3 is 10.5 Å². The average Bonchev–Trinajstić information content (AvgIpc) is 0.722. The van der Waals surface area contributed by atoms with E-state index in [1.54, 1.807) is 0 Å². The van der Waals surface area contributed by atoms with Gasteiger partial charge >= 0.3 is 67.3 Å². The molecule has 0 N–H and O–H groups in total. The maximum atomic E-state index is 8.52. The molecule has 0 fully saturated rings. The topological polar surface area (TPSA) is 80.3 Å². The van der Waals surface area contributed by atoms with Crippen LogP contribution in [0.2, 0.25) is 0 Å². The van der Waals surface area contributed by atoms with E-state index in [2.05, 4.69) is 0 Å². The molecule has 4 nitrogen and oxygen atoms in total. The van der Waals surface area contributed by atoms with E-state index in [4.69, 9.17) is 17.5 Å². The summed E-state index contributed by atoms with van der Waals surface area (Å²) in [4.78, 5) is 0. The number of rotatable bonds is 0. The summed E-state index contributed by atoms with van der Waals surface area (Å²) in [5.41, 5.74) is 0. The van der Waals surface area contributed by atoms with Crippen LogP contribution in [0.15, 0.2) is 0 Å². The predicted molar refractivity (Wildman–Crippen MR) is 17.3 cm³/mol. The first-order valence-corrected chi connectivity index (χ1v) is 2.00. The molecule has 0 unspecified atom stereocenters. The fraction of sp³-hybridized carbons (Fsp3) is 0. The first kappa shape index (κ1) is 16.1. The minimum atomic E-state index is -5.17. The van der Waals surface area contributed by atoms with Crippen molar-refractivity contribution in [3.63, 3.8) is 0 Å². The van der Waals surface area contributed by atoms with Gasteiger partial charge in [-0.3, -0.25) is 8.42 Å². The summed E-state index contributed by atoms with van der Waals surface area (Å²) in [5.74, 6) is 0. The minimum absolute atomic E-state index is 0. The monoisotopic (exact) mass is 160 g/mol. The maximum absolute atomic E-state index is 8.52. The molecule has 0 aliphatic rings. The third kappa shape index (κ3) is 67.3. The average molecular weight is 160 g/mol. The molecule has 0 rings (SSSR count). The number of hydrogen-bond donors (Lipinski definition) is 0. The molecular formula is HCaNaO4S. The summed E-state index contributed by atoms with van der Waals surface area (Å²) in [7, 11) is -5.17. The Balaban J connectivity index is -0.0000000267. The van der Waals surface area contributed by atoms with E-state index in [-0.39, 0.29) is 68.7 Å². The third-order valence-electron chi connectivity index (χ3n) is 0. The van der Waals surface area contributed by atoms with Gasteiger partial charge in [0.05, 0.1) is 0 Å². The van der Waals surface area contributed by atoms with E-state index in [1.807, 2.05) is 0 Å². The van der Waals surface area contributed by atoms with Gasteiger partial charge in [0.25, 0.3) is 0 Å². The third-order valence-corrected chi connectivity index (χ3v) is 0. The zero-order valence-electron chi connectivity index (χ0n) is 4.75. The van der Waals surface area contributed by atoms with Gasteiger partial charge in [-0.05, 0) is 0 Å². The summed E-state index contributed by atoms with van der Waals surface area (Å²) in [6.45, 7) is 0. The zero-order valence-corrected chi connectivity index (χ0v) is 8.77. The SMILES string of the molecule is O=S(=O)([O-])[O-].[Ca+2].[H-].[Na+]. The van der Waals surface area contributed by atoms with Crippen molar-refractivity contribution in [3.8, 4) is 0 Å². The molecule has 7 heavy (non-hydrogen) atoms. The van der Waals surface area contributed by atoms with Gasteiger partial charge in [0.15, 0.2) is 0 Å². The van der Waals surface area contributed by atoms with Crippen LogP contribution in [0.5, 0.6) is 0 Å². The Kier molecular flexibility index (Phi) is 14.3. The van der Waals surface area contributed by atoms with E-state index in [9.17, 15) is 0 Å². The molecule has 0 bridgehead atoms. The van der Waals surface area contributed by atoms with Crippen LogP contribution in [0, 0.1) is 0 Å². The molecule has 0 saturated heterocycles. The van der Waals surface area contributed by atoms with Gasteiger partial charge in [0, 0.05) is 10.4 Å². The molecule has 0 atom stereocenters. The van der Waals surface area contributed by atoms with Gasteiger partial charge in [-0.25, -0.2) is 0 Å². The predicted octanol–water partition coefficient (Wildman–Crippen LogP) is -4.60. The summed E-state index contributed by atoms with van der Waals surface area (Å²) in [6.07, 6.45) is 0. The Morgan fingerprint density at radius 3 is 1.29 bits per heavy atom. The molecule has 0 aromatic rings. The van der Waals surface area contributed by atoms with Crippen LogP contribution in [0.25, 0.3) is 0 Å². The van der Waals surface area contributed by atoms with Crippen LogP contribution in [-0.2, 0) is 10.4 Å². The van der Waals surface area contributed by atoms with Gasteiger partial charge in [0.2, 0.25) is 0 Å². The van der Waals surface area contributed by atoms with E-state index < -0.39 is 10.4 Å². The van der Waals surface area contributed by atoms with Crippen molar-refractivity contribution >= 4 is 48.1 Å². The molecule has 0 aromatic carbocycles. The Labute approximate surface area is 95.0 Å². The zero-order chi connectivity index (χ0) is 4.50. The standard InChI is InChI=1S/Ca.Na.H2O4S.H/c;;1-5(2,3)4;/h;;(H2,1,2,3,4);/q+2;+1;;-1/p-2. The van der Waals surface area contributed by atoms with Crippen molar-refractivity contribution in [2.24, 2.45) is 0 Å². The van der Waals surface area contributed by atoms with Gasteiger partial charge in [-0.15, -0.1) is 0 Å². The van der Waals surface area contributed by atoms with Crippen molar-refractivity contribution in [1.29, 1.82) is 0 Å².